The van der Waals surface area contributed by atoms with E-state index in [1.54, 1.807) is 0 Å². The Kier molecular flexibility index (Phi) is 5.51. The molecule has 0 radical (unpaired) electrons. The third-order valence-corrected chi connectivity index (χ3v) is 4.56. The molecule has 0 spiro atoms. The second kappa shape index (κ2) is 7.64. The molecule has 1 fully saturated rings. The van der Waals surface area contributed by atoms with Crippen molar-refractivity contribution >= 4 is 0 Å². The highest BCUT2D eigenvalue weighted by Crippen LogP contribution is 2.20. The number of hydrogen-bond donors (Lipinski definition) is 1. The fraction of sp³-hybridized carbons (Fsp3) is 0.579. The molecule has 136 valence electrons. The summed E-state index contributed by atoms with van der Waals surface area (Å²) in [6.07, 6.45) is -0.431. The summed E-state index contributed by atoms with van der Waals surface area (Å²) in [5.41, 5.74) is 0.865. The number of aliphatic hydroxyl groups is 1. The molecule has 6 nitrogen and oxygen atoms in total. The van der Waals surface area contributed by atoms with Crippen LogP contribution in [0.4, 0.5) is 0 Å². The fourth-order valence-electron chi connectivity index (χ4n) is 2.98. The Morgan fingerprint density at radius 3 is 2.32 bits per heavy atom. The lowest BCUT2D eigenvalue weighted by Crippen LogP contribution is -2.47. The van der Waals surface area contributed by atoms with Gasteiger partial charge in [-0.2, -0.15) is 4.98 Å². The maximum atomic E-state index is 10.4. The summed E-state index contributed by atoms with van der Waals surface area (Å²) < 4.78 is 5.36. The van der Waals surface area contributed by atoms with Crippen molar-refractivity contribution in [2.24, 2.45) is 0 Å². The number of β-amino-alcohol motifs (C(OH)–C–C–N with tert-alkyl or cyclic N) is 1. The zero-order valence-electron chi connectivity index (χ0n) is 15.4. The molecule has 1 aliphatic heterocycles. The first-order chi connectivity index (χ1) is 11.9. The predicted molar refractivity (Wildman–Crippen MR) is 96.1 cm³/mol. The van der Waals surface area contributed by atoms with Crippen LogP contribution in [0.5, 0.6) is 0 Å². The number of aliphatic hydroxyl groups excluding tert-OH is 1. The molecule has 2 heterocycles. The van der Waals surface area contributed by atoms with Gasteiger partial charge in [0.05, 0.1) is 12.6 Å². The number of aromatic nitrogens is 2. The number of benzene rings is 1. The zero-order chi connectivity index (χ0) is 17.9. The quantitative estimate of drug-likeness (QED) is 0.897. The molecular formula is C19H28N4O2. The van der Waals surface area contributed by atoms with E-state index in [4.69, 9.17) is 4.52 Å². The molecule has 0 aliphatic carbocycles. The molecule has 2 aromatic rings. The van der Waals surface area contributed by atoms with Gasteiger partial charge in [0, 0.05) is 38.1 Å². The van der Waals surface area contributed by atoms with Crippen LogP contribution in [-0.2, 0) is 12.0 Å². The van der Waals surface area contributed by atoms with E-state index in [2.05, 4.69) is 40.7 Å². The molecule has 1 atom stereocenters. The Morgan fingerprint density at radius 2 is 1.72 bits per heavy atom. The Bertz CT molecular complexity index is 658. The number of nitrogens with zero attached hydrogens (tertiary/aromatic N) is 4. The van der Waals surface area contributed by atoms with E-state index in [1.807, 2.05) is 30.3 Å². The molecular weight excluding hydrogens is 316 g/mol. The minimum Gasteiger partial charge on any atom is -0.387 e. The molecule has 1 aromatic carbocycles. The Hall–Kier alpha value is -1.76. The zero-order valence-corrected chi connectivity index (χ0v) is 15.4. The molecule has 3 rings (SSSR count). The maximum absolute atomic E-state index is 10.4. The van der Waals surface area contributed by atoms with Crippen molar-refractivity contribution < 1.29 is 9.63 Å². The first kappa shape index (κ1) is 18.0. The van der Waals surface area contributed by atoms with Crippen molar-refractivity contribution in [3.05, 3.63) is 47.6 Å². The van der Waals surface area contributed by atoms with Gasteiger partial charge in [-0.1, -0.05) is 56.3 Å². The van der Waals surface area contributed by atoms with Gasteiger partial charge in [0.15, 0.2) is 5.82 Å². The van der Waals surface area contributed by atoms with Gasteiger partial charge in [-0.25, -0.2) is 0 Å². The van der Waals surface area contributed by atoms with Crippen LogP contribution in [0.3, 0.4) is 0 Å². The second-order valence-electron chi connectivity index (χ2n) is 7.77. The van der Waals surface area contributed by atoms with Gasteiger partial charge in [0.25, 0.3) is 0 Å². The van der Waals surface area contributed by atoms with Crippen molar-refractivity contribution in [1.82, 2.24) is 19.9 Å². The lowest BCUT2D eigenvalue weighted by atomic mass is 9.97. The molecule has 25 heavy (non-hydrogen) atoms. The van der Waals surface area contributed by atoms with Crippen molar-refractivity contribution in [2.45, 2.75) is 38.8 Å². The maximum Gasteiger partial charge on any atom is 0.232 e. The van der Waals surface area contributed by atoms with Crippen LogP contribution in [0.15, 0.2) is 34.9 Å². The molecule has 1 aromatic heterocycles. The van der Waals surface area contributed by atoms with E-state index in [-0.39, 0.29) is 5.41 Å². The Morgan fingerprint density at radius 1 is 1.08 bits per heavy atom. The van der Waals surface area contributed by atoms with E-state index >= 15 is 0 Å². The van der Waals surface area contributed by atoms with Crippen molar-refractivity contribution in [2.75, 3.05) is 32.7 Å². The van der Waals surface area contributed by atoms with E-state index in [0.29, 0.717) is 19.0 Å². The van der Waals surface area contributed by atoms with Crippen molar-refractivity contribution in [1.29, 1.82) is 0 Å². The van der Waals surface area contributed by atoms with Crippen LogP contribution >= 0.6 is 0 Å². The standard InChI is InChI=1S/C19H28N4O2/c1-19(2,3)18-20-17(21-25-18)14-23-11-9-22(10-12-23)13-16(24)15-7-5-4-6-8-15/h4-8,16,24H,9-14H2,1-3H3/t16-/m1/s1. The summed E-state index contributed by atoms with van der Waals surface area (Å²) in [7, 11) is 0. The lowest BCUT2D eigenvalue weighted by molar-refractivity contribution is 0.0690. The molecule has 0 unspecified atom stereocenters. The van der Waals surface area contributed by atoms with Crippen LogP contribution in [0.2, 0.25) is 0 Å². The van der Waals surface area contributed by atoms with Crippen LogP contribution < -0.4 is 0 Å². The molecule has 1 N–H and O–H groups in total. The van der Waals surface area contributed by atoms with Gasteiger partial charge in [0.1, 0.15) is 0 Å². The summed E-state index contributed by atoms with van der Waals surface area (Å²) in [6, 6.07) is 9.85. The third-order valence-electron chi connectivity index (χ3n) is 4.56. The molecule has 6 heteroatoms. The topological polar surface area (TPSA) is 65.6 Å². The summed E-state index contributed by atoms with van der Waals surface area (Å²) in [6.45, 7) is 11.4. The highest BCUT2D eigenvalue weighted by atomic mass is 16.5. The highest BCUT2D eigenvalue weighted by Gasteiger charge is 2.24. The average Bonchev–Trinajstić information content (AvgIpc) is 3.06. The van der Waals surface area contributed by atoms with Crippen LogP contribution in [0, 0.1) is 0 Å². The monoisotopic (exact) mass is 344 g/mol. The SMILES string of the molecule is CC(C)(C)c1nc(CN2CCN(C[C@@H](O)c3ccccc3)CC2)no1. The smallest absolute Gasteiger partial charge is 0.232 e. The predicted octanol–water partition coefficient (Wildman–Crippen LogP) is 2.22. The van der Waals surface area contributed by atoms with Gasteiger partial charge < -0.3 is 9.63 Å². The molecule has 0 amide bonds. The largest absolute Gasteiger partial charge is 0.387 e. The van der Waals surface area contributed by atoms with E-state index in [9.17, 15) is 5.11 Å². The minimum atomic E-state index is -0.431. The summed E-state index contributed by atoms with van der Waals surface area (Å²) in [5.74, 6) is 1.44. The van der Waals surface area contributed by atoms with Gasteiger partial charge in [-0.3, -0.25) is 9.80 Å². The first-order valence-corrected chi connectivity index (χ1v) is 8.92. The second-order valence-corrected chi connectivity index (χ2v) is 7.77. The minimum absolute atomic E-state index is 0.114. The van der Waals surface area contributed by atoms with Gasteiger partial charge in [-0.05, 0) is 5.56 Å². The van der Waals surface area contributed by atoms with Crippen molar-refractivity contribution in [3.63, 3.8) is 0 Å². The highest BCUT2D eigenvalue weighted by molar-refractivity contribution is 5.17. The van der Waals surface area contributed by atoms with Crippen LogP contribution in [-0.4, -0.2) is 57.8 Å². The fourth-order valence-corrected chi connectivity index (χ4v) is 2.98. The number of rotatable bonds is 5. The summed E-state index contributed by atoms with van der Waals surface area (Å²) in [5, 5.41) is 14.5. The number of piperazine rings is 1. The van der Waals surface area contributed by atoms with Gasteiger partial charge in [-0.15, -0.1) is 0 Å². The molecule has 1 saturated heterocycles. The average molecular weight is 344 g/mol. The van der Waals surface area contributed by atoms with Gasteiger partial charge in [0.2, 0.25) is 5.89 Å². The molecule has 0 saturated carbocycles. The Balaban J connectivity index is 1.46. The van der Waals surface area contributed by atoms with Crippen LogP contribution in [0.25, 0.3) is 0 Å². The molecule has 1 aliphatic rings. The molecule has 0 bridgehead atoms. The first-order valence-electron chi connectivity index (χ1n) is 8.92. The number of hydrogen-bond acceptors (Lipinski definition) is 6. The normalized spacial score (nSPS) is 18.4. The Labute approximate surface area is 149 Å². The third kappa shape index (κ3) is 4.87. The summed E-state index contributed by atoms with van der Waals surface area (Å²) in [4.78, 5) is 9.16. The van der Waals surface area contributed by atoms with E-state index in [0.717, 1.165) is 37.6 Å². The van der Waals surface area contributed by atoms with E-state index in [1.165, 1.54) is 0 Å². The summed E-state index contributed by atoms with van der Waals surface area (Å²) >= 11 is 0. The van der Waals surface area contributed by atoms with Gasteiger partial charge >= 0.3 is 0 Å². The lowest BCUT2D eigenvalue weighted by Gasteiger charge is -2.35. The van der Waals surface area contributed by atoms with E-state index < -0.39 is 6.10 Å². The van der Waals surface area contributed by atoms with Crippen molar-refractivity contribution in [3.8, 4) is 0 Å². The van der Waals surface area contributed by atoms with Crippen LogP contribution in [0.1, 0.15) is 44.2 Å².